The largest absolute Gasteiger partial charge is 0.468 e. The standard InChI is InChI=1S/C31H30N2O3/c1-24-15-17-27(18-16-24)31(35)29-14-8-20-32(29)19-7-11-25-9-6-10-26(21-25)22-33(23-30(34)36-2)28-12-4-3-5-13-28/h3-18,20-21H,19,22-23H2,1-2H3/b11-7+. The Bertz CT molecular complexity index is 1340. The van der Waals surface area contributed by atoms with E-state index in [4.69, 9.17) is 4.74 Å². The summed E-state index contributed by atoms with van der Waals surface area (Å²) in [7, 11) is 1.40. The fourth-order valence-corrected chi connectivity index (χ4v) is 4.05. The van der Waals surface area contributed by atoms with Crippen LogP contribution < -0.4 is 4.90 Å². The van der Waals surface area contributed by atoms with Crippen LogP contribution in [-0.4, -0.2) is 30.0 Å². The molecule has 0 bridgehead atoms. The van der Waals surface area contributed by atoms with Crippen molar-refractivity contribution in [2.45, 2.75) is 20.0 Å². The summed E-state index contributed by atoms with van der Waals surface area (Å²) >= 11 is 0. The van der Waals surface area contributed by atoms with E-state index in [1.165, 1.54) is 7.11 Å². The molecule has 4 aromatic rings. The average Bonchev–Trinajstić information content (AvgIpc) is 3.37. The van der Waals surface area contributed by atoms with Crippen LogP contribution in [0.4, 0.5) is 5.69 Å². The van der Waals surface area contributed by atoms with Crippen molar-refractivity contribution < 1.29 is 14.3 Å². The van der Waals surface area contributed by atoms with Gasteiger partial charge in [-0.3, -0.25) is 9.59 Å². The molecule has 0 aliphatic heterocycles. The zero-order valence-electron chi connectivity index (χ0n) is 20.6. The van der Waals surface area contributed by atoms with Gasteiger partial charge in [-0.05, 0) is 48.4 Å². The molecule has 0 saturated heterocycles. The van der Waals surface area contributed by atoms with Crippen LogP contribution in [0, 0.1) is 6.92 Å². The number of hydrogen-bond donors (Lipinski definition) is 0. The molecule has 0 aliphatic carbocycles. The zero-order chi connectivity index (χ0) is 25.3. The lowest BCUT2D eigenvalue weighted by Crippen LogP contribution is -2.30. The lowest BCUT2D eigenvalue weighted by Gasteiger charge is -2.23. The number of aromatic nitrogens is 1. The van der Waals surface area contributed by atoms with E-state index in [0.717, 1.165) is 22.4 Å². The Kier molecular flexibility index (Phi) is 8.14. The highest BCUT2D eigenvalue weighted by Crippen LogP contribution is 2.18. The molecule has 4 rings (SSSR count). The summed E-state index contributed by atoms with van der Waals surface area (Å²) in [5, 5.41) is 0. The molecule has 0 aliphatic rings. The van der Waals surface area contributed by atoms with Crippen molar-refractivity contribution in [3.05, 3.63) is 131 Å². The van der Waals surface area contributed by atoms with Crippen LogP contribution in [0.5, 0.6) is 0 Å². The summed E-state index contributed by atoms with van der Waals surface area (Å²) in [6.45, 7) is 3.34. The third-order valence-corrected chi connectivity index (χ3v) is 5.98. The third kappa shape index (κ3) is 6.39. The maximum atomic E-state index is 13.0. The molecule has 0 atom stereocenters. The molecule has 3 aromatic carbocycles. The molecule has 36 heavy (non-hydrogen) atoms. The summed E-state index contributed by atoms with van der Waals surface area (Å²) in [5.41, 5.74) is 5.58. The molecule has 1 heterocycles. The number of esters is 1. The third-order valence-electron chi connectivity index (χ3n) is 5.98. The minimum absolute atomic E-state index is 0.0157. The number of aryl methyl sites for hydroxylation is 1. The van der Waals surface area contributed by atoms with E-state index >= 15 is 0 Å². The Labute approximate surface area is 212 Å². The minimum Gasteiger partial charge on any atom is -0.468 e. The molecule has 0 amide bonds. The lowest BCUT2D eigenvalue weighted by molar-refractivity contribution is -0.139. The number of carbonyl (C=O) groups is 2. The second kappa shape index (κ2) is 11.8. The molecule has 5 nitrogen and oxygen atoms in total. The second-order valence-electron chi connectivity index (χ2n) is 8.66. The summed E-state index contributed by atoms with van der Waals surface area (Å²) in [4.78, 5) is 26.9. The predicted octanol–water partition coefficient (Wildman–Crippen LogP) is 5.92. The smallest absolute Gasteiger partial charge is 0.325 e. The van der Waals surface area contributed by atoms with E-state index in [-0.39, 0.29) is 18.3 Å². The molecule has 0 spiro atoms. The molecule has 0 N–H and O–H groups in total. The number of benzene rings is 3. The number of methoxy groups -OCH3 is 1. The van der Waals surface area contributed by atoms with Crippen molar-refractivity contribution >= 4 is 23.5 Å². The molecule has 0 fully saturated rings. The first-order valence-electron chi connectivity index (χ1n) is 11.9. The van der Waals surface area contributed by atoms with Crippen LogP contribution in [0.3, 0.4) is 0 Å². The maximum absolute atomic E-state index is 13.0. The van der Waals surface area contributed by atoms with E-state index in [1.54, 1.807) is 0 Å². The first-order valence-corrected chi connectivity index (χ1v) is 11.9. The second-order valence-corrected chi connectivity index (χ2v) is 8.66. The van der Waals surface area contributed by atoms with Gasteiger partial charge in [0.1, 0.15) is 6.54 Å². The van der Waals surface area contributed by atoms with Gasteiger partial charge in [-0.15, -0.1) is 0 Å². The fraction of sp³-hybridized carbons (Fsp3) is 0.161. The fourth-order valence-electron chi connectivity index (χ4n) is 4.05. The van der Waals surface area contributed by atoms with E-state index in [1.807, 2.05) is 101 Å². The number of nitrogens with zero attached hydrogens (tertiary/aromatic N) is 2. The lowest BCUT2D eigenvalue weighted by atomic mass is 10.1. The van der Waals surface area contributed by atoms with Gasteiger partial charge >= 0.3 is 5.97 Å². The first kappa shape index (κ1) is 24.7. The molecule has 182 valence electrons. The van der Waals surface area contributed by atoms with Crippen molar-refractivity contribution in [1.29, 1.82) is 0 Å². The maximum Gasteiger partial charge on any atom is 0.325 e. The number of ketones is 1. The van der Waals surface area contributed by atoms with E-state index in [0.29, 0.717) is 24.3 Å². The highest BCUT2D eigenvalue weighted by molar-refractivity contribution is 6.08. The monoisotopic (exact) mass is 478 g/mol. The normalized spacial score (nSPS) is 10.9. The Morgan fingerprint density at radius 1 is 0.917 bits per heavy atom. The summed E-state index contributed by atoms with van der Waals surface area (Å²) in [5.74, 6) is -0.264. The Morgan fingerprint density at radius 3 is 2.44 bits per heavy atom. The quantitative estimate of drug-likeness (QED) is 0.210. The van der Waals surface area contributed by atoms with Crippen LogP contribution in [0.15, 0.2) is 103 Å². The first-order chi connectivity index (χ1) is 17.5. The van der Waals surface area contributed by atoms with Gasteiger partial charge in [0, 0.05) is 30.5 Å². The van der Waals surface area contributed by atoms with Gasteiger partial charge in [-0.2, -0.15) is 0 Å². The molecular weight excluding hydrogens is 448 g/mol. The molecule has 1 aromatic heterocycles. The molecular formula is C31H30N2O3. The van der Waals surface area contributed by atoms with Crippen molar-refractivity contribution in [1.82, 2.24) is 4.57 Å². The van der Waals surface area contributed by atoms with Crippen molar-refractivity contribution in [2.24, 2.45) is 0 Å². The molecule has 0 radical (unpaired) electrons. The van der Waals surface area contributed by atoms with Gasteiger partial charge in [0.2, 0.25) is 5.78 Å². The van der Waals surface area contributed by atoms with Gasteiger partial charge in [0.05, 0.1) is 12.8 Å². The Hall–Kier alpha value is -4.38. The number of rotatable bonds is 10. The SMILES string of the molecule is COC(=O)CN(Cc1cccc(/C=C/Cn2cccc2C(=O)c2ccc(C)cc2)c1)c1ccccc1. The predicted molar refractivity (Wildman–Crippen MR) is 144 cm³/mol. The summed E-state index contributed by atoms with van der Waals surface area (Å²) in [6, 6.07) is 29.5. The number of carbonyl (C=O) groups excluding carboxylic acids is 2. The van der Waals surface area contributed by atoms with Crippen LogP contribution in [0.25, 0.3) is 6.08 Å². The number of hydrogen-bond acceptors (Lipinski definition) is 4. The van der Waals surface area contributed by atoms with Gasteiger partial charge in [-0.25, -0.2) is 0 Å². The number of ether oxygens (including phenoxy) is 1. The highest BCUT2D eigenvalue weighted by atomic mass is 16.5. The molecule has 5 heteroatoms. The van der Waals surface area contributed by atoms with E-state index in [2.05, 4.69) is 24.3 Å². The average molecular weight is 479 g/mol. The van der Waals surface area contributed by atoms with Gasteiger partial charge in [0.25, 0.3) is 0 Å². The van der Waals surface area contributed by atoms with Crippen molar-refractivity contribution in [3.8, 4) is 0 Å². The van der Waals surface area contributed by atoms with E-state index < -0.39 is 0 Å². The number of allylic oxidation sites excluding steroid dienone is 1. The van der Waals surface area contributed by atoms with Crippen LogP contribution >= 0.6 is 0 Å². The van der Waals surface area contributed by atoms with Gasteiger partial charge in [-0.1, -0.05) is 78.4 Å². The van der Waals surface area contributed by atoms with Crippen molar-refractivity contribution in [3.63, 3.8) is 0 Å². The van der Waals surface area contributed by atoms with Crippen LogP contribution in [-0.2, 0) is 22.6 Å². The van der Waals surface area contributed by atoms with Gasteiger partial charge in [0.15, 0.2) is 0 Å². The van der Waals surface area contributed by atoms with Crippen LogP contribution in [0.1, 0.15) is 32.7 Å². The van der Waals surface area contributed by atoms with E-state index in [9.17, 15) is 9.59 Å². The number of anilines is 1. The summed E-state index contributed by atoms with van der Waals surface area (Å²) < 4.78 is 6.85. The topological polar surface area (TPSA) is 51.5 Å². The molecule has 0 saturated carbocycles. The minimum atomic E-state index is -0.280. The summed E-state index contributed by atoms with van der Waals surface area (Å²) in [6.07, 6.45) is 6.03. The number of para-hydroxylation sites is 1. The highest BCUT2D eigenvalue weighted by Gasteiger charge is 2.14. The Balaban J connectivity index is 1.45. The molecule has 0 unspecified atom stereocenters. The van der Waals surface area contributed by atoms with Crippen LogP contribution in [0.2, 0.25) is 0 Å². The Morgan fingerprint density at radius 2 is 1.69 bits per heavy atom. The van der Waals surface area contributed by atoms with Crippen molar-refractivity contribution in [2.75, 3.05) is 18.6 Å². The zero-order valence-corrected chi connectivity index (χ0v) is 20.6. The van der Waals surface area contributed by atoms with Gasteiger partial charge < -0.3 is 14.2 Å².